The van der Waals surface area contributed by atoms with Gasteiger partial charge in [0.15, 0.2) is 0 Å². The lowest BCUT2D eigenvalue weighted by molar-refractivity contribution is -0.119. The molecule has 0 spiro atoms. The van der Waals surface area contributed by atoms with Gasteiger partial charge in [0.1, 0.15) is 10.9 Å². The summed E-state index contributed by atoms with van der Waals surface area (Å²) in [5.41, 5.74) is 2.00. The van der Waals surface area contributed by atoms with Crippen molar-refractivity contribution in [1.82, 2.24) is 19.9 Å². The maximum atomic E-state index is 11.4. The Bertz CT molecular complexity index is 891. The fourth-order valence-electron chi connectivity index (χ4n) is 2.74. The van der Waals surface area contributed by atoms with E-state index in [2.05, 4.69) is 40.8 Å². The van der Waals surface area contributed by atoms with Crippen molar-refractivity contribution in [2.45, 2.75) is 49.7 Å². The third-order valence-corrected chi connectivity index (χ3v) is 5.20. The normalized spacial score (nSPS) is 11.0. The Hall–Kier alpha value is -2.60. The van der Waals surface area contributed by atoms with Crippen LogP contribution in [0.25, 0.3) is 0 Å². The number of benzene rings is 1. The smallest absolute Gasteiger partial charge is 0.217 e. The summed E-state index contributed by atoms with van der Waals surface area (Å²) in [4.78, 5) is 21.9. The second-order valence-electron chi connectivity index (χ2n) is 6.61. The highest BCUT2D eigenvalue weighted by molar-refractivity contribution is 7.99. The highest BCUT2D eigenvalue weighted by atomic mass is 32.2. The molecule has 6 heteroatoms. The van der Waals surface area contributed by atoms with Gasteiger partial charge in [-0.25, -0.2) is 4.98 Å². The molecule has 2 aromatic heterocycles. The fourth-order valence-corrected chi connectivity index (χ4v) is 3.92. The number of nitrogens with one attached hydrogen (secondary N) is 1. The molecule has 5 nitrogen and oxygen atoms in total. The van der Waals surface area contributed by atoms with Gasteiger partial charge in [0.05, 0.1) is 24.5 Å². The van der Waals surface area contributed by atoms with E-state index in [1.807, 2.05) is 36.4 Å². The molecule has 27 heavy (non-hydrogen) atoms. The van der Waals surface area contributed by atoms with E-state index in [0.717, 1.165) is 27.1 Å². The van der Waals surface area contributed by atoms with Gasteiger partial charge in [-0.2, -0.15) is 0 Å². The number of pyridine rings is 1. The molecule has 0 saturated heterocycles. The zero-order valence-corrected chi connectivity index (χ0v) is 16.7. The average Bonchev–Trinajstić information content (AvgIpc) is 2.99. The second kappa shape index (κ2) is 8.86. The van der Waals surface area contributed by atoms with Gasteiger partial charge in [-0.15, -0.1) is 0 Å². The molecule has 1 N–H and O–H groups in total. The van der Waals surface area contributed by atoms with Gasteiger partial charge in [0.25, 0.3) is 0 Å². The van der Waals surface area contributed by atoms with Gasteiger partial charge < -0.3 is 9.88 Å². The first kappa shape index (κ1) is 19.2. The molecule has 0 aliphatic carbocycles. The Labute approximate surface area is 164 Å². The largest absolute Gasteiger partial charge is 0.349 e. The van der Waals surface area contributed by atoms with Crippen LogP contribution in [0.3, 0.4) is 0 Å². The third kappa shape index (κ3) is 4.98. The van der Waals surface area contributed by atoms with Crippen LogP contribution in [-0.2, 0) is 17.9 Å². The van der Waals surface area contributed by atoms with Crippen LogP contribution in [0, 0.1) is 0 Å². The summed E-state index contributed by atoms with van der Waals surface area (Å²) in [6, 6.07) is 16.2. The predicted molar refractivity (Wildman–Crippen MR) is 108 cm³/mol. The highest BCUT2D eigenvalue weighted by Crippen LogP contribution is 2.35. The monoisotopic (exact) mass is 380 g/mol. The Kier molecular flexibility index (Phi) is 6.29. The quantitative estimate of drug-likeness (QED) is 0.666. The highest BCUT2D eigenvalue weighted by Gasteiger charge is 2.21. The van der Waals surface area contributed by atoms with E-state index < -0.39 is 0 Å². The van der Waals surface area contributed by atoms with Crippen molar-refractivity contribution in [3.63, 3.8) is 0 Å². The number of hydrogen-bond acceptors (Lipinski definition) is 4. The predicted octanol–water partition coefficient (Wildman–Crippen LogP) is 4.24. The standard InChI is InChI=1S/C21H24N4OS/c1-15(2)20-21(27-18-10-5-4-6-11-18)25(14-17-9-7-8-12-22-17)19(24-20)13-23-16(3)26/h4-12,15H,13-14H2,1-3H3,(H,23,26). The Morgan fingerprint density at radius 1 is 1.15 bits per heavy atom. The summed E-state index contributed by atoms with van der Waals surface area (Å²) >= 11 is 1.70. The summed E-state index contributed by atoms with van der Waals surface area (Å²) in [6.45, 7) is 6.83. The van der Waals surface area contributed by atoms with E-state index in [4.69, 9.17) is 4.98 Å². The zero-order valence-electron chi connectivity index (χ0n) is 15.8. The van der Waals surface area contributed by atoms with E-state index in [1.165, 1.54) is 6.92 Å². The first-order chi connectivity index (χ1) is 13.0. The Balaban J connectivity index is 2.04. The van der Waals surface area contributed by atoms with Crippen LogP contribution in [0.5, 0.6) is 0 Å². The van der Waals surface area contributed by atoms with E-state index >= 15 is 0 Å². The molecule has 0 aliphatic rings. The van der Waals surface area contributed by atoms with Gasteiger partial charge in [0.2, 0.25) is 5.91 Å². The number of carbonyl (C=O) groups excluding carboxylic acids is 1. The minimum atomic E-state index is -0.0641. The van der Waals surface area contributed by atoms with Crippen molar-refractivity contribution in [2.24, 2.45) is 0 Å². The Morgan fingerprint density at radius 3 is 2.52 bits per heavy atom. The van der Waals surface area contributed by atoms with Crippen LogP contribution in [0.1, 0.15) is 43.9 Å². The molecule has 0 radical (unpaired) electrons. The van der Waals surface area contributed by atoms with Crippen molar-refractivity contribution in [1.29, 1.82) is 0 Å². The lowest BCUT2D eigenvalue weighted by Crippen LogP contribution is -2.22. The van der Waals surface area contributed by atoms with E-state index in [0.29, 0.717) is 13.1 Å². The molecule has 2 heterocycles. The van der Waals surface area contributed by atoms with E-state index in [-0.39, 0.29) is 11.8 Å². The molecule has 3 aromatic rings. The SMILES string of the molecule is CC(=O)NCc1nc(C(C)C)c(Sc2ccccc2)n1Cc1ccccn1. The molecule has 0 saturated carbocycles. The summed E-state index contributed by atoms with van der Waals surface area (Å²) in [7, 11) is 0. The topological polar surface area (TPSA) is 59.8 Å². The summed E-state index contributed by atoms with van der Waals surface area (Å²) < 4.78 is 2.17. The van der Waals surface area contributed by atoms with Crippen molar-refractivity contribution in [3.8, 4) is 0 Å². The molecule has 0 aliphatic heterocycles. The van der Waals surface area contributed by atoms with Crippen LogP contribution < -0.4 is 5.32 Å². The molecule has 0 unspecified atom stereocenters. The molecule has 0 fully saturated rings. The van der Waals surface area contributed by atoms with Crippen molar-refractivity contribution >= 4 is 17.7 Å². The number of nitrogens with zero attached hydrogens (tertiary/aromatic N) is 3. The average molecular weight is 381 g/mol. The first-order valence-corrected chi connectivity index (χ1v) is 9.82. The number of carbonyl (C=O) groups is 1. The van der Waals surface area contributed by atoms with Crippen molar-refractivity contribution in [2.75, 3.05) is 0 Å². The van der Waals surface area contributed by atoms with E-state index in [1.54, 1.807) is 18.0 Å². The second-order valence-corrected chi connectivity index (χ2v) is 7.67. The lowest BCUT2D eigenvalue weighted by atomic mass is 10.1. The summed E-state index contributed by atoms with van der Waals surface area (Å²) in [5.74, 6) is 1.06. The number of imidazole rings is 1. The van der Waals surface area contributed by atoms with Gasteiger partial charge in [0, 0.05) is 18.0 Å². The minimum Gasteiger partial charge on any atom is -0.349 e. The summed E-state index contributed by atoms with van der Waals surface area (Å²) in [5, 5.41) is 3.98. The molecule has 140 valence electrons. The summed E-state index contributed by atoms with van der Waals surface area (Å²) in [6.07, 6.45) is 1.80. The molecule has 3 rings (SSSR count). The number of amides is 1. The molecule has 0 bridgehead atoms. The molecule has 1 amide bonds. The van der Waals surface area contributed by atoms with Crippen LogP contribution in [0.2, 0.25) is 0 Å². The lowest BCUT2D eigenvalue weighted by Gasteiger charge is -2.13. The van der Waals surface area contributed by atoms with Gasteiger partial charge >= 0.3 is 0 Å². The molecular weight excluding hydrogens is 356 g/mol. The minimum absolute atomic E-state index is 0.0641. The van der Waals surface area contributed by atoms with Gasteiger partial charge in [-0.3, -0.25) is 9.78 Å². The van der Waals surface area contributed by atoms with Crippen molar-refractivity contribution < 1.29 is 4.79 Å². The number of hydrogen-bond donors (Lipinski definition) is 1. The molecule has 1 aromatic carbocycles. The molecular formula is C21H24N4OS. The van der Waals surface area contributed by atoms with E-state index in [9.17, 15) is 4.79 Å². The zero-order chi connectivity index (χ0) is 19.2. The first-order valence-electron chi connectivity index (χ1n) is 9.01. The Morgan fingerprint density at radius 2 is 1.89 bits per heavy atom. The van der Waals surface area contributed by atoms with Crippen LogP contribution >= 0.6 is 11.8 Å². The fraction of sp³-hybridized carbons (Fsp3) is 0.286. The number of rotatable bonds is 7. The number of aromatic nitrogens is 3. The van der Waals surface area contributed by atoms with Gasteiger partial charge in [-0.1, -0.05) is 49.9 Å². The van der Waals surface area contributed by atoms with Crippen LogP contribution in [-0.4, -0.2) is 20.4 Å². The van der Waals surface area contributed by atoms with Crippen molar-refractivity contribution in [3.05, 3.63) is 71.9 Å². The maximum Gasteiger partial charge on any atom is 0.217 e. The maximum absolute atomic E-state index is 11.4. The molecule has 0 atom stereocenters. The van der Waals surface area contributed by atoms with Gasteiger partial charge in [-0.05, 0) is 30.2 Å². The van der Waals surface area contributed by atoms with Crippen LogP contribution in [0.4, 0.5) is 0 Å². The van der Waals surface area contributed by atoms with Crippen LogP contribution in [0.15, 0.2) is 64.6 Å². The third-order valence-electron chi connectivity index (χ3n) is 4.07.